The van der Waals surface area contributed by atoms with E-state index in [1.807, 2.05) is 31.2 Å². The number of nitrogens with two attached hydrogens (primary N) is 1. The van der Waals surface area contributed by atoms with Crippen molar-refractivity contribution in [2.24, 2.45) is 0 Å². The van der Waals surface area contributed by atoms with Gasteiger partial charge in [0.1, 0.15) is 34.9 Å². The summed E-state index contributed by atoms with van der Waals surface area (Å²) in [6, 6.07) is 12.1. The fraction of sp³-hybridized carbons (Fsp3) is 0.278. The topological polar surface area (TPSA) is 89.7 Å². The van der Waals surface area contributed by atoms with E-state index >= 15 is 0 Å². The van der Waals surface area contributed by atoms with Crippen LogP contribution in [0.2, 0.25) is 0 Å². The van der Waals surface area contributed by atoms with Crippen LogP contribution in [-0.2, 0) is 0 Å². The number of pyridine rings is 1. The third kappa shape index (κ3) is 2.58. The molecule has 0 saturated carbocycles. The molecule has 5 nitrogen and oxygen atoms in total. The van der Waals surface area contributed by atoms with Crippen LogP contribution in [0.3, 0.4) is 0 Å². The Morgan fingerprint density at radius 2 is 1.65 bits per heavy atom. The molecule has 0 unspecified atom stereocenters. The molecule has 2 aromatic rings. The minimum absolute atomic E-state index is 0.184. The lowest BCUT2D eigenvalue weighted by atomic mass is 9.95. The molecule has 1 saturated heterocycles. The Bertz CT molecular complexity index is 818. The van der Waals surface area contributed by atoms with Crippen LogP contribution >= 0.6 is 0 Å². The Balaban J connectivity index is 2.29. The molecule has 2 heterocycles. The molecular weight excluding hydrogens is 286 g/mol. The Kier molecular flexibility index (Phi) is 3.87. The quantitative estimate of drug-likeness (QED) is 0.921. The number of rotatable bonds is 2. The fourth-order valence-electron chi connectivity index (χ4n) is 2.98. The first-order chi connectivity index (χ1) is 11.2. The number of hydrogen-bond donors (Lipinski definition) is 1. The van der Waals surface area contributed by atoms with Gasteiger partial charge in [0, 0.05) is 18.7 Å². The van der Waals surface area contributed by atoms with Crippen LogP contribution in [0.25, 0.3) is 11.1 Å². The number of aryl methyl sites for hydroxylation is 1. The van der Waals surface area contributed by atoms with Gasteiger partial charge in [-0.2, -0.15) is 10.5 Å². The summed E-state index contributed by atoms with van der Waals surface area (Å²) >= 11 is 0. The van der Waals surface area contributed by atoms with Gasteiger partial charge in [0.05, 0.1) is 0 Å². The zero-order valence-corrected chi connectivity index (χ0v) is 13.0. The van der Waals surface area contributed by atoms with E-state index < -0.39 is 0 Å². The van der Waals surface area contributed by atoms with Gasteiger partial charge in [-0.25, -0.2) is 4.98 Å². The van der Waals surface area contributed by atoms with Crippen molar-refractivity contribution in [3.8, 4) is 23.3 Å². The van der Waals surface area contributed by atoms with Gasteiger partial charge in [0.15, 0.2) is 0 Å². The van der Waals surface area contributed by atoms with Crippen LogP contribution in [0, 0.1) is 29.6 Å². The molecule has 2 N–H and O–H groups in total. The first-order valence-corrected chi connectivity index (χ1v) is 7.61. The summed E-state index contributed by atoms with van der Waals surface area (Å²) in [5.41, 5.74) is 9.25. The maximum atomic E-state index is 9.72. The summed E-state index contributed by atoms with van der Waals surface area (Å²) in [5.74, 6) is 0.779. The lowest BCUT2D eigenvalue weighted by molar-refractivity contribution is 0.935. The van der Waals surface area contributed by atoms with Crippen LogP contribution in [-0.4, -0.2) is 18.1 Å². The monoisotopic (exact) mass is 303 g/mol. The number of hydrogen-bond acceptors (Lipinski definition) is 5. The van der Waals surface area contributed by atoms with Crippen molar-refractivity contribution in [1.82, 2.24) is 4.98 Å². The molecule has 0 atom stereocenters. The standard InChI is InChI=1S/C18H17N5/c1-12-4-6-13(7-5-12)16-14(10-19)17(21)22-18(15(16)11-20)23-8-2-3-9-23/h4-7H,2-3,8-9H2,1H3,(H2,21,22). The molecule has 1 aliphatic rings. The minimum atomic E-state index is 0.184. The van der Waals surface area contributed by atoms with Crippen LogP contribution in [0.1, 0.15) is 29.5 Å². The Labute approximate surface area is 135 Å². The molecule has 1 aromatic carbocycles. The predicted octanol–water partition coefficient (Wildman–Crippen LogP) is 2.98. The van der Waals surface area contributed by atoms with E-state index in [1.165, 1.54) is 0 Å². The molecule has 0 amide bonds. The largest absolute Gasteiger partial charge is 0.383 e. The second kappa shape index (κ2) is 5.98. The smallest absolute Gasteiger partial charge is 0.149 e. The van der Waals surface area contributed by atoms with Gasteiger partial charge in [-0.05, 0) is 25.3 Å². The highest BCUT2D eigenvalue weighted by molar-refractivity contribution is 5.85. The van der Waals surface area contributed by atoms with Crippen molar-refractivity contribution in [2.45, 2.75) is 19.8 Å². The molecule has 114 valence electrons. The molecule has 1 aliphatic heterocycles. The number of nitrogens with zero attached hydrogens (tertiary/aromatic N) is 4. The van der Waals surface area contributed by atoms with Gasteiger partial charge in [-0.1, -0.05) is 29.8 Å². The minimum Gasteiger partial charge on any atom is -0.383 e. The highest BCUT2D eigenvalue weighted by Gasteiger charge is 2.24. The van der Waals surface area contributed by atoms with E-state index in [0.717, 1.165) is 37.1 Å². The zero-order chi connectivity index (χ0) is 16.4. The second-order valence-electron chi connectivity index (χ2n) is 5.73. The number of nitriles is 2. The lowest BCUT2D eigenvalue weighted by Gasteiger charge is -2.21. The van der Waals surface area contributed by atoms with E-state index in [4.69, 9.17) is 5.73 Å². The second-order valence-corrected chi connectivity index (χ2v) is 5.73. The van der Waals surface area contributed by atoms with Crippen molar-refractivity contribution in [2.75, 3.05) is 23.7 Å². The Morgan fingerprint density at radius 3 is 2.22 bits per heavy atom. The number of nitrogen functional groups attached to an aromatic ring is 1. The highest BCUT2D eigenvalue weighted by Crippen LogP contribution is 2.36. The molecule has 23 heavy (non-hydrogen) atoms. The third-order valence-corrected chi connectivity index (χ3v) is 4.18. The van der Waals surface area contributed by atoms with Gasteiger partial charge in [-0.3, -0.25) is 0 Å². The summed E-state index contributed by atoms with van der Waals surface area (Å²) in [4.78, 5) is 6.44. The van der Waals surface area contributed by atoms with E-state index in [0.29, 0.717) is 16.9 Å². The molecular formula is C18H17N5. The van der Waals surface area contributed by atoms with Crippen LogP contribution in [0.4, 0.5) is 11.6 Å². The molecule has 0 bridgehead atoms. The normalized spacial score (nSPS) is 13.6. The average Bonchev–Trinajstić information content (AvgIpc) is 3.09. The Morgan fingerprint density at radius 1 is 1.04 bits per heavy atom. The maximum absolute atomic E-state index is 9.72. The highest BCUT2D eigenvalue weighted by atomic mass is 15.2. The van der Waals surface area contributed by atoms with Crippen LogP contribution in [0.5, 0.6) is 0 Å². The predicted molar refractivity (Wildman–Crippen MR) is 89.7 cm³/mol. The van der Waals surface area contributed by atoms with E-state index in [2.05, 4.69) is 22.0 Å². The van der Waals surface area contributed by atoms with Crippen molar-refractivity contribution < 1.29 is 0 Å². The molecule has 1 fully saturated rings. The van der Waals surface area contributed by atoms with Crippen molar-refractivity contribution in [1.29, 1.82) is 10.5 Å². The first-order valence-electron chi connectivity index (χ1n) is 7.61. The van der Waals surface area contributed by atoms with Gasteiger partial charge < -0.3 is 10.6 Å². The van der Waals surface area contributed by atoms with Crippen molar-refractivity contribution >= 4 is 11.6 Å². The molecule has 1 aromatic heterocycles. The number of benzene rings is 1. The van der Waals surface area contributed by atoms with Gasteiger partial charge in [0.25, 0.3) is 0 Å². The van der Waals surface area contributed by atoms with Crippen LogP contribution in [0.15, 0.2) is 24.3 Å². The van der Waals surface area contributed by atoms with Gasteiger partial charge >= 0.3 is 0 Å². The van der Waals surface area contributed by atoms with Gasteiger partial charge in [0.2, 0.25) is 0 Å². The summed E-state index contributed by atoms with van der Waals surface area (Å²) < 4.78 is 0. The number of anilines is 2. The molecule has 5 heteroatoms. The van der Waals surface area contributed by atoms with E-state index in [9.17, 15) is 10.5 Å². The molecule has 0 aliphatic carbocycles. The SMILES string of the molecule is Cc1ccc(-c2c(C#N)c(N)nc(N3CCCC3)c2C#N)cc1. The van der Waals surface area contributed by atoms with E-state index in [-0.39, 0.29) is 11.4 Å². The summed E-state index contributed by atoms with van der Waals surface area (Å²) in [6.07, 6.45) is 2.15. The lowest BCUT2D eigenvalue weighted by Crippen LogP contribution is -2.21. The van der Waals surface area contributed by atoms with E-state index in [1.54, 1.807) is 0 Å². The average molecular weight is 303 g/mol. The molecule has 0 radical (unpaired) electrons. The van der Waals surface area contributed by atoms with Crippen molar-refractivity contribution in [3.63, 3.8) is 0 Å². The van der Waals surface area contributed by atoms with Crippen LogP contribution < -0.4 is 10.6 Å². The third-order valence-electron chi connectivity index (χ3n) is 4.18. The molecule has 0 spiro atoms. The Hall–Kier alpha value is -3.05. The summed E-state index contributed by atoms with van der Waals surface area (Å²) in [7, 11) is 0. The molecule has 3 rings (SSSR count). The fourth-order valence-corrected chi connectivity index (χ4v) is 2.98. The summed E-state index contributed by atoms with van der Waals surface area (Å²) in [5, 5.41) is 19.2. The number of aromatic nitrogens is 1. The van der Waals surface area contributed by atoms with Crippen molar-refractivity contribution in [3.05, 3.63) is 41.0 Å². The summed E-state index contributed by atoms with van der Waals surface area (Å²) in [6.45, 7) is 3.72. The first kappa shape index (κ1) is 14.9. The zero-order valence-electron chi connectivity index (χ0n) is 13.0. The van der Waals surface area contributed by atoms with Gasteiger partial charge in [-0.15, -0.1) is 0 Å². The maximum Gasteiger partial charge on any atom is 0.149 e.